The van der Waals surface area contributed by atoms with Crippen molar-refractivity contribution in [3.05, 3.63) is 28.5 Å². The molecule has 2 aromatic heterocycles. The number of nitrogens with one attached hydrogen (secondary N) is 2. The van der Waals surface area contributed by atoms with Crippen LogP contribution in [0.2, 0.25) is 0 Å². The van der Waals surface area contributed by atoms with Gasteiger partial charge in [0, 0.05) is 23.7 Å². The van der Waals surface area contributed by atoms with Crippen LogP contribution in [-0.2, 0) is 24.7 Å². The average Bonchev–Trinajstić information content (AvgIpc) is 3.00. The zero-order valence-corrected chi connectivity index (χ0v) is 15.0. The number of anilines is 1. The number of fused-ring (bicyclic) bond motifs is 1. The summed E-state index contributed by atoms with van der Waals surface area (Å²) in [6.45, 7) is 0. The molecule has 1 unspecified atom stereocenters. The number of halogens is 1. The molecule has 2 heterocycles. The second-order valence-electron chi connectivity index (χ2n) is 5.61. The van der Waals surface area contributed by atoms with Crippen molar-refractivity contribution in [3.63, 3.8) is 0 Å². The Labute approximate surface area is 146 Å². The van der Waals surface area contributed by atoms with E-state index in [0.29, 0.717) is 5.13 Å². The van der Waals surface area contributed by atoms with Crippen molar-refractivity contribution < 1.29 is 4.79 Å². The molecular weight excluding hydrogens is 334 g/mol. The predicted octanol–water partition coefficient (Wildman–Crippen LogP) is 2.47. The maximum Gasteiger partial charge on any atom is 0.247 e. The first kappa shape index (κ1) is 17.9. The topological polar surface area (TPSA) is 71.8 Å². The van der Waals surface area contributed by atoms with E-state index in [9.17, 15) is 4.79 Å². The Morgan fingerprint density at radius 2 is 2.13 bits per heavy atom. The minimum absolute atomic E-state index is 0. The zero-order chi connectivity index (χ0) is 15.5. The van der Waals surface area contributed by atoms with Crippen LogP contribution in [0.25, 0.3) is 0 Å². The second kappa shape index (κ2) is 7.90. The van der Waals surface area contributed by atoms with Crippen LogP contribution >= 0.6 is 23.7 Å². The number of carbonyl (C=O) groups is 1. The molecule has 1 amide bonds. The number of aromatic nitrogens is 3. The van der Waals surface area contributed by atoms with Crippen LogP contribution in [0.15, 0.2) is 12.4 Å². The third kappa shape index (κ3) is 4.10. The molecule has 2 aromatic rings. The van der Waals surface area contributed by atoms with Crippen molar-refractivity contribution in [2.24, 2.45) is 7.05 Å². The average molecular weight is 356 g/mol. The summed E-state index contributed by atoms with van der Waals surface area (Å²) in [7, 11) is 3.61. The Kier molecular flexibility index (Phi) is 6.15. The van der Waals surface area contributed by atoms with Crippen molar-refractivity contribution in [1.29, 1.82) is 0 Å². The summed E-state index contributed by atoms with van der Waals surface area (Å²) in [5.74, 6) is -0.0978. The smallest absolute Gasteiger partial charge is 0.247 e. The number of rotatable bonds is 4. The van der Waals surface area contributed by atoms with Crippen LogP contribution in [0.5, 0.6) is 0 Å². The van der Waals surface area contributed by atoms with Crippen molar-refractivity contribution in [2.75, 3.05) is 12.4 Å². The number of hydrogen-bond acceptors (Lipinski definition) is 5. The lowest BCUT2D eigenvalue weighted by molar-refractivity contribution is -0.118. The first-order valence-electron chi connectivity index (χ1n) is 7.62. The van der Waals surface area contributed by atoms with E-state index in [0.717, 1.165) is 18.4 Å². The van der Waals surface area contributed by atoms with Gasteiger partial charge in [-0.1, -0.05) is 6.42 Å². The zero-order valence-electron chi connectivity index (χ0n) is 13.3. The van der Waals surface area contributed by atoms with Crippen LogP contribution in [0, 0.1) is 0 Å². The van der Waals surface area contributed by atoms with Crippen LogP contribution in [0.3, 0.4) is 0 Å². The number of amides is 1. The van der Waals surface area contributed by atoms with Crippen LogP contribution in [0.1, 0.15) is 41.4 Å². The van der Waals surface area contributed by atoms with Gasteiger partial charge in [0.1, 0.15) is 6.04 Å². The Hall–Kier alpha value is -1.44. The minimum atomic E-state index is -0.419. The van der Waals surface area contributed by atoms with Gasteiger partial charge in [-0.2, -0.15) is 5.10 Å². The van der Waals surface area contributed by atoms with E-state index < -0.39 is 6.04 Å². The molecule has 0 aliphatic heterocycles. The number of likely N-dealkylation sites (N-methyl/N-ethyl adjacent to an activating group) is 1. The normalized spacial score (nSPS) is 15.2. The lowest BCUT2D eigenvalue weighted by Gasteiger charge is -2.13. The van der Waals surface area contributed by atoms with E-state index in [1.165, 1.54) is 29.8 Å². The van der Waals surface area contributed by atoms with E-state index in [1.54, 1.807) is 29.3 Å². The molecule has 2 N–H and O–H groups in total. The summed E-state index contributed by atoms with van der Waals surface area (Å²) in [6, 6.07) is -0.419. The largest absolute Gasteiger partial charge is 0.305 e. The highest BCUT2D eigenvalue weighted by molar-refractivity contribution is 7.15. The molecule has 0 fully saturated rings. The van der Waals surface area contributed by atoms with Gasteiger partial charge < -0.3 is 10.6 Å². The Balaban J connectivity index is 0.00000192. The lowest BCUT2D eigenvalue weighted by Crippen LogP contribution is -2.30. The van der Waals surface area contributed by atoms with Gasteiger partial charge in [0.25, 0.3) is 0 Å². The van der Waals surface area contributed by atoms with E-state index >= 15 is 0 Å². The van der Waals surface area contributed by atoms with Gasteiger partial charge in [0.2, 0.25) is 5.91 Å². The number of nitrogens with zero attached hydrogens (tertiary/aromatic N) is 3. The van der Waals surface area contributed by atoms with E-state index in [2.05, 4.69) is 20.7 Å². The fourth-order valence-corrected chi connectivity index (χ4v) is 3.85. The maximum absolute atomic E-state index is 12.5. The Morgan fingerprint density at radius 1 is 1.35 bits per heavy atom. The van der Waals surface area contributed by atoms with Gasteiger partial charge >= 0.3 is 0 Å². The van der Waals surface area contributed by atoms with Crippen molar-refractivity contribution in [1.82, 2.24) is 20.1 Å². The van der Waals surface area contributed by atoms with E-state index in [-0.39, 0.29) is 18.3 Å². The molecule has 3 rings (SSSR count). The highest BCUT2D eigenvalue weighted by Crippen LogP contribution is 2.29. The van der Waals surface area contributed by atoms with Gasteiger partial charge in [-0.15, -0.1) is 23.7 Å². The monoisotopic (exact) mass is 355 g/mol. The second-order valence-corrected chi connectivity index (χ2v) is 6.69. The molecule has 1 atom stereocenters. The molecule has 0 saturated carbocycles. The molecule has 0 spiro atoms. The third-order valence-electron chi connectivity index (χ3n) is 3.93. The highest BCUT2D eigenvalue weighted by atomic mass is 35.5. The van der Waals surface area contributed by atoms with Gasteiger partial charge in [-0.3, -0.25) is 9.48 Å². The van der Waals surface area contributed by atoms with Gasteiger partial charge in [0.15, 0.2) is 5.13 Å². The summed E-state index contributed by atoms with van der Waals surface area (Å²) in [6.07, 6.45) is 9.35. The number of carbonyl (C=O) groups excluding carboxylic acids is 1. The minimum Gasteiger partial charge on any atom is -0.305 e. The predicted molar refractivity (Wildman–Crippen MR) is 94.3 cm³/mol. The molecule has 0 radical (unpaired) electrons. The van der Waals surface area contributed by atoms with Crippen molar-refractivity contribution >= 4 is 34.8 Å². The summed E-state index contributed by atoms with van der Waals surface area (Å²) in [5.41, 5.74) is 2.01. The maximum atomic E-state index is 12.5. The van der Waals surface area contributed by atoms with Crippen molar-refractivity contribution in [3.8, 4) is 0 Å². The van der Waals surface area contributed by atoms with Gasteiger partial charge in [-0.25, -0.2) is 4.98 Å². The molecule has 0 saturated heterocycles. The van der Waals surface area contributed by atoms with E-state index in [1.807, 2.05) is 13.2 Å². The Morgan fingerprint density at radius 3 is 2.83 bits per heavy atom. The van der Waals surface area contributed by atoms with Crippen molar-refractivity contribution in [2.45, 2.75) is 38.1 Å². The first-order chi connectivity index (χ1) is 10.7. The SMILES string of the molecule is CNC(C(=O)Nc1nc2c(s1)CCCCC2)c1cnn(C)c1.Cl. The standard InChI is InChI=1S/C15H21N5OS.ClH/c1-16-13(10-8-17-20(2)9-10)14(21)19-15-18-11-6-4-3-5-7-12(11)22-15;/h8-9,13,16H,3-7H2,1-2H3,(H,18,19,21);1H. The molecule has 6 nitrogen and oxygen atoms in total. The first-order valence-corrected chi connectivity index (χ1v) is 8.44. The highest BCUT2D eigenvalue weighted by Gasteiger charge is 2.22. The van der Waals surface area contributed by atoms with Gasteiger partial charge in [0.05, 0.1) is 11.9 Å². The van der Waals surface area contributed by atoms with Gasteiger partial charge in [-0.05, 0) is 32.7 Å². The molecule has 1 aliphatic rings. The molecule has 0 bridgehead atoms. The summed E-state index contributed by atoms with van der Waals surface area (Å²) >= 11 is 1.61. The molecular formula is C15H22ClN5OS. The quantitative estimate of drug-likeness (QED) is 0.826. The lowest BCUT2D eigenvalue weighted by atomic mass is 10.1. The fraction of sp³-hybridized carbons (Fsp3) is 0.533. The van der Waals surface area contributed by atoms with E-state index in [4.69, 9.17) is 0 Å². The molecule has 0 aromatic carbocycles. The number of thiazole rings is 1. The third-order valence-corrected chi connectivity index (χ3v) is 5.01. The molecule has 126 valence electrons. The fourth-order valence-electron chi connectivity index (χ4n) is 2.80. The van der Waals surface area contributed by atoms with Crippen LogP contribution in [0.4, 0.5) is 5.13 Å². The summed E-state index contributed by atoms with van der Waals surface area (Å²) in [4.78, 5) is 18.4. The molecule has 8 heteroatoms. The van der Waals surface area contributed by atoms with Crippen LogP contribution < -0.4 is 10.6 Å². The summed E-state index contributed by atoms with van der Waals surface area (Å²) < 4.78 is 1.69. The van der Waals surface area contributed by atoms with Crippen LogP contribution in [-0.4, -0.2) is 27.7 Å². The summed E-state index contributed by atoms with van der Waals surface area (Å²) in [5, 5.41) is 10.8. The molecule has 23 heavy (non-hydrogen) atoms. The molecule has 1 aliphatic carbocycles. The number of hydrogen-bond donors (Lipinski definition) is 2. The number of aryl methyl sites for hydroxylation is 3. The Bertz CT molecular complexity index is 645.